The Labute approximate surface area is 121 Å². The number of ether oxygens (including phenoxy) is 1. The Morgan fingerprint density at radius 1 is 1.44 bits per heavy atom. The maximum atomic E-state index is 6.14. The average Bonchev–Trinajstić information content (AvgIpc) is 2.35. The van der Waals surface area contributed by atoms with Crippen LogP contribution in [0, 0.1) is 12.8 Å². The molecule has 0 bridgehead atoms. The summed E-state index contributed by atoms with van der Waals surface area (Å²) in [6.07, 6.45) is 4.31. The molecule has 0 radical (unpaired) electrons. The van der Waals surface area contributed by atoms with E-state index in [9.17, 15) is 0 Å². The monoisotopic (exact) mass is 332 g/mol. The van der Waals surface area contributed by atoms with Crippen LogP contribution < -0.4 is 0 Å². The van der Waals surface area contributed by atoms with Crippen LogP contribution in [-0.2, 0) is 10.3 Å². The largest absolute Gasteiger partial charge is 0.370 e. The van der Waals surface area contributed by atoms with Crippen molar-refractivity contribution in [1.82, 2.24) is 9.97 Å². The molecule has 1 aliphatic rings. The standard InChI is InChI=1S/C13H18BrClN2O/c1-8-5-4-6-13(7-8,18-3)12-16-9(2)10(14)11(15)17-12/h8H,4-7H2,1-3H3. The van der Waals surface area contributed by atoms with Crippen molar-refractivity contribution in [2.24, 2.45) is 5.92 Å². The molecule has 18 heavy (non-hydrogen) atoms. The van der Waals surface area contributed by atoms with Gasteiger partial charge in [-0.3, -0.25) is 0 Å². The van der Waals surface area contributed by atoms with Crippen LogP contribution in [0.5, 0.6) is 0 Å². The first-order valence-electron chi connectivity index (χ1n) is 6.24. The van der Waals surface area contributed by atoms with E-state index in [-0.39, 0.29) is 5.60 Å². The molecule has 100 valence electrons. The molecule has 5 heteroatoms. The predicted octanol–water partition coefficient (Wildman–Crippen LogP) is 4.25. The molecule has 0 aliphatic heterocycles. The van der Waals surface area contributed by atoms with Gasteiger partial charge in [0.05, 0.1) is 10.2 Å². The highest BCUT2D eigenvalue weighted by Crippen LogP contribution is 2.42. The Bertz CT molecular complexity index is 432. The van der Waals surface area contributed by atoms with E-state index >= 15 is 0 Å². The highest BCUT2D eigenvalue weighted by atomic mass is 79.9. The fourth-order valence-electron chi connectivity index (χ4n) is 2.71. The van der Waals surface area contributed by atoms with Gasteiger partial charge in [-0.1, -0.05) is 24.9 Å². The minimum absolute atomic E-state index is 0.368. The lowest BCUT2D eigenvalue weighted by molar-refractivity contribution is -0.0647. The lowest BCUT2D eigenvalue weighted by Gasteiger charge is -2.37. The number of nitrogens with zero attached hydrogens (tertiary/aromatic N) is 2. The molecular formula is C13H18BrClN2O. The van der Waals surface area contributed by atoms with E-state index in [4.69, 9.17) is 16.3 Å². The second kappa shape index (κ2) is 5.43. The van der Waals surface area contributed by atoms with Crippen LogP contribution in [0.1, 0.15) is 44.1 Å². The first-order chi connectivity index (χ1) is 8.48. The second-order valence-corrected chi connectivity index (χ2v) is 6.29. The molecule has 1 saturated carbocycles. The summed E-state index contributed by atoms with van der Waals surface area (Å²) in [5.41, 5.74) is 0.493. The summed E-state index contributed by atoms with van der Waals surface area (Å²) in [5.74, 6) is 1.35. The van der Waals surface area contributed by atoms with Gasteiger partial charge in [-0.15, -0.1) is 0 Å². The van der Waals surface area contributed by atoms with Gasteiger partial charge >= 0.3 is 0 Å². The molecule has 1 aromatic rings. The first kappa shape index (κ1) is 14.2. The zero-order valence-corrected chi connectivity index (χ0v) is 13.3. The maximum absolute atomic E-state index is 6.14. The van der Waals surface area contributed by atoms with E-state index in [0.717, 1.165) is 35.3 Å². The lowest BCUT2D eigenvalue weighted by Crippen LogP contribution is -2.36. The summed E-state index contributed by atoms with van der Waals surface area (Å²) in [7, 11) is 1.74. The van der Waals surface area contributed by atoms with Crippen molar-refractivity contribution >= 4 is 27.5 Å². The number of halogens is 2. The van der Waals surface area contributed by atoms with Gasteiger partial charge < -0.3 is 4.74 Å². The van der Waals surface area contributed by atoms with Gasteiger partial charge in [0.1, 0.15) is 10.8 Å². The Balaban J connectivity index is 2.44. The molecule has 0 amide bonds. The van der Waals surface area contributed by atoms with Crippen LogP contribution in [0.4, 0.5) is 0 Å². The predicted molar refractivity (Wildman–Crippen MR) is 75.8 cm³/mol. The molecule has 1 aliphatic carbocycles. The second-order valence-electron chi connectivity index (χ2n) is 5.14. The quantitative estimate of drug-likeness (QED) is 0.759. The Morgan fingerprint density at radius 2 is 2.17 bits per heavy atom. The highest BCUT2D eigenvalue weighted by Gasteiger charge is 2.39. The van der Waals surface area contributed by atoms with Crippen molar-refractivity contribution in [1.29, 1.82) is 0 Å². The fourth-order valence-corrected chi connectivity index (χ4v) is 3.11. The zero-order valence-electron chi connectivity index (χ0n) is 11.0. The third-order valence-electron chi connectivity index (χ3n) is 3.73. The van der Waals surface area contributed by atoms with Crippen LogP contribution in [0.3, 0.4) is 0 Å². The van der Waals surface area contributed by atoms with Crippen molar-refractivity contribution in [3.05, 3.63) is 21.1 Å². The topological polar surface area (TPSA) is 35.0 Å². The smallest absolute Gasteiger partial charge is 0.162 e. The van der Waals surface area contributed by atoms with Gasteiger partial charge in [0.2, 0.25) is 0 Å². The van der Waals surface area contributed by atoms with Crippen LogP contribution in [0.25, 0.3) is 0 Å². The normalized spacial score (nSPS) is 28.4. The molecule has 0 N–H and O–H groups in total. The molecule has 1 heterocycles. The average molecular weight is 334 g/mol. The van der Waals surface area contributed by atoms with Crippen LogP contribution in [0.2, 0.25) is 5.15 Å². The number of rotatable bonds is 2. The summed E-state index contributed by atoms with van der Waals surface area (Å²) in [6.45, 7) is 4.18. The fraction of sp³-hybridized carbons (Fsp3) is 0.692. The molecule has 0 saturated heterocycles. The van der Waals surface area contributed by atoms with Crippen LogP contribution >= 0.6 is 27.5 Å². The molecule has 0 aromatic carbocycles. The molecule has 2 unspecified atom stereocenters. The molecule has 1 fully saturated rings. The SMILES string of the molecule is COC1(c2nc(C)c(Br)c(Cl)n2)CCCC(C)C1. The van der Waals surface area contributed by atoms with Crippen molar-refractivity contribution in [3.63, 3.8) is 0 Å². The van der Waals surface area contributed by atoms with Crippen molar-refractivity contribution in [2.45, 2.75) is 45.1 Å². The van der Waals surface area contributed by atoms with Crippen LogP contribution in [-0.4, -0.2) is 17.1 Å². The number of aromatic nitrogens is 2. The van der Waals surface area contributed by atoms with E-state index in [1.54, 1.807) is 7.11 Å². The molecule has 2 rings (SSSR count). The van der Waals surface area contributed by atoms with Crippen LogP contribution in [0.15, 0.2) is 4.47 Å². The molecule has 1 aromatic heterocycles. The van der Waals surface area contributed by atoms with E-state index in [1.165, 1.54) is 6.42 Å². The zero-order chi connectivity index (χ0) is 13.3. The van der Waals surface area contributed by atoms with Gasteiger partial charge in [-0.2, -0.15) is 0 Å². The van der Waals surface area contributed by atoms with Gasteiger partial charge in [0.25, 0.3) is 0 Å². The minimum atomic E-state index is -0.368. The van der Waals surface area contributed by atoms with Gasteiger partial charge in [0, 0.05) is 7.11 Å². The van der Waals surface area contributed by atoms with Gasteiger partial charge in [-0.25, -0.2) is 9.97 Å². The summed E-state index contributed by atoms with van der Waals surface area (Å²) in [5, 5.41) is 0.465. The summed E-state index contributed by atoms with van der Waals surface area (Å²) >= 11 is 9.53. The number of methoxy groups -OCH3 is 1. The van der Waals surface area contributed by atoms with Crippen molar-refractivity contribution in [2.75, 3.05) is 7.11 Å². The Kier molecular flexibility index (Phi) is 4.29. The van der Waals surface area contributed by atoms with E-state index in [2.05, 4.69) is 32.8 Å². The molecule has 0 spiro atoms. The summed E-state index contributed by atoms with van der Waals surface area (Å²) in [4.78, 5) is 8.98. The van der Waals surface area contributed by atoms with Crippen molar-refractivity contribution in [3.8, 4) is 0 Å². The molecular weight excluding hydrogens is 316 g/mol. The van der Waals surface area contributed by atoms with E-state index < -0.39 is 0 Å². The maximum Gasteiger partial charge on any atom is 0.162 e. The number of aryl methyl sites for hydroxylation is 1. The first-order valence-corrected chi connectivity index (χ1v) is 7.41. The number of hydrogen-bond acceptors (Lipinski definition) is 3. The number of hydrogen-bond donors (Lipinski definition) is 0. The van der Waals surface area contributed by atoms with Gasteiger partial charge in [-0.05, 0) is 48.0 Å². The third kappa shape index (κ3) is 2.56. The van der Waals surface area contributed by atoms with Gasteiger partial charge in [0.15, 0.2) is 5.82 Å². The van der Waals surface area contributed by atoms with E-state index in [0.29, 0.717) is 11.1 Å². The lowest BCUT2D eigenvalue weighted by atomic mass is 9.78. The highest BCUT2D eigenvalue weighted by molar-refractivity contribution is 9.10. The summed E-state index contributed by atoms with van der Waals surface area (Å²) in [6, 6.07) is 0. The Hall–Kier alpha value is -0.190. The van der Waals surface area contributed by atoms with E-state index in [1.807, 2.05) is 6.92 Å². The summed E-state index contributed by atoms with van der Waals surface area (Å²) < 4.78 is 6.55. The van der Waals surface area contributed by atoms with Crippen molar-refractivity contribution < 1.29 is 4.74 Å². The minimum Gasteiger partial charge on any atom is -0.370 e. The Morgan fingerprint density at radius 3 is 2.72 bits per heavy atom. The molecule has 3 nitrogen and oxygen atoms in total. The molecule has 2 atom stereocenters. The third-order valence-corrected chi connectivity index (χ3v) is 5.18.